The predicted molar refractivity (Wildman–Crippen MR) is 109 cm³/mol. The van der Waals surface area contributed by atoms with Gasteiger partial charge in [-0.05, 0) is 38.0 Å². The normalized spacial score (nSPS) is 11.7. The average Bonchev–Trinajstić information content (AvgIpc) is 2.62. The number of carbonyl (C=O) groups excluding carboxylic acids is 2. The summed E-state index contributed by atoms with van der Waals surface area (Å²) in [6.07, 6.45) is 0.651. The highest BCUT2D eigenvalue weighted by molar-refractivity contribution is 8.00. The smallest absolute Gasteiger partial charge is 0.321 e. The van der Waals surface area contributed by atoms with Crippen molar-refractivity contribution in [3.63, 3.8) is 0 Å². The quantitative estimate of drug-likeness (QED) is 0.500. The Bertz CT molecular complexity index is 829. The summed E-state index contributed by atoms with van der Waals surface area (Å²) in [5, 5.41) is 5.26. The van der Waals surface area contributed by atoms with Crippen LogP contribution < -0.4 is 16.4 Å². The minimum Gasteiger partial charge on any atom is -0.383 e. The summed E-state index contributed by atoms with van der Waals surface area (Å²) >= 11 is 7.09. The number of benzene rings is 1. The maximum absolute atomic E-state index is 12.1. The van der Waals surface area contributed by atoms with E-state index in [9.17, 15) is 9.59 Å². The largest absolute Gasteiger partial charge is 0.383 e. The number of anilines is 1. The summed E-state index contributed by atoms with van der Waals surface area (Å²) in [5.74, 6) is -0.0871. The van der Waals surface area contributed by atoms with E-state index in [4.69, 9.17) is 17.3 Å². The molecule has 0 spiro atoms. The minimum absolute atomic E-state index is 0.336. The fraction of sp³-hybridized carbons (Fsp3) is 0.333. The zero-order valence-corrected chi connectivity index (χ0v) is 16.9. The Balaban J connectivity index is 2.22. The van der Waals surface area contributed by atoms with Crippen LogP contribution in [0, 0.1) is 0 Å². The molecule has 1 atom stereocenters. The van der Waals surface area contributed by atoms with Gasteiger partial charge in [0.05, 0.1) is 10.9 Å². The molecule has 0 saturated carbocycles. The number of halogens is 1. The highest BCUT2D eigenvalue weighted by Gasteiger charge is 2.20. The molecule has 0 aliphatic heterocycles. The zero-order valence-electron chi connectivity index (χ0n) is 15.4. The van der Waals surface area contributed by atoms with Crippen LogP contribution in [0.5, 0.6) is 0 Å². The number of aryl methyl sites for hydroxylation is 1. The molecule has 4 N–H and O–H groups in total. The fourth-order valence-corrected chi connectivity index (χ4v) is 3.29. The van der Waals surface area contributed by atoms with Gasteiger partial charge in [-0.3, -0.25) is 10.1 Å². The number of nitrogens with zero attached hydrogens (tertiary/aromatic N) is 2. The number of nitrogens with one attached hydrogen (secondary N) is 2. The highest BCUT2D eigenvalue weighted by atomic mass is 35.5. The molecular weight excluding hydrogens is 386 g/mol. The van der Waals surface area contributed by atoms with Crippen molar-refractivity contribution in [1.29, 1.82) is 0 Å². The molecule has 1 aromatic heterocycles. The van der Waals surface area contributed by atoms with Crippen LogP contribution in [0.1, 0.15) is 26.5 Å². The molecule has 1 aromatic carbocycles. The van der Waals surface area contributed by atoms with Gasteiger partial charge < -0.3 is 11.1 Å². The lowest BCUT2D eigenvalue weighted by Gasteiger charge is -2.14. The third-order valence-corrected chi connectivity index (χ3v) is 4.90. The van der Waals surface area contributed by atoms with E-state index in [1.165, 1.54) is 0 Å². The molecule has 0 radical (unpaired) electrons. The lowest BCUT2D eigenvalue weighted by molar-refractivity contribution is -0.119. The van der Waals surface area contributed by atoms with Crippen LogP contribution in [-0.2, 0) is 11.2 Å². The van der Waals surface area contributed by atoms with E-state index in [-0.39, 0.29) is 0 Å². The van der Waals surface area contributed by atoms with Crippen LogP contribution in [0.3, 0.4) is 0 Å². The molecule has 0 aliphatic carbocycles. The molecule has 144 valence electrons. The van der Waals surface area contributed by atoms with Gasteiger partial charge >= 0.3 is 6.03 Å². The molecular formula is C18H22ClN5O2S. The van der Waals surface area contributed by atoms with E-state index < -0.39 is 17.2 Å². The van der Waals surface area contributed by atoms with E-state index in [0.717, 1.165) is 28.6 Å². The van der Waals surface area contributed by atoms with E-state index in [1.807, 2.05) is 19.1 Å². The SMILES string of the molecule is CCNC(=O)NC(=O)[C@@H](C)Sc1nc(N)c(-c2ccc(Cl)cc2)c(CC)n1. The Morgan fingerprint density at radius 3 is 2.48 bits per heavy atom. The highest BCUT2D eigenvalue weighted by Crippen LogP contribution is 2.31. The van der Waals surface area contributed by atoms with Crippen molar-refractivity contribution in [2.75, 3.05) is 12.3 Å². The number of nitrogens with two attached hydrogens (primary N) is 1. The number of rotatable bonds is 6. The van der Waals surface area contributed by atoms with Crippen LogP contribution in [-0.4, -0.2) is 33.7 Å². The van der Waals surface area contributed by atoms with Gasteiger partial charge in [-0.15, -0.1) is 0 Å². The lowest BCUT2D eigenvalue weighted by Crippen LogP contribution is -2.42. The number of hydrogen-bond donors (Lipinski definition) is 3. The van der Waals surface area contributed by atoms with Gasteiger partial charge in [0.2, 0.25) is 5.91 Å². The second kappa shape index (κ2) is 9.57. The minimum atomic E-state index is -0.557. The molecule has 9 heteroatoms. The summed E-state index contributed by atoms with van der Waals surface area (Å²) < 4.78 is 0. The van der Waals surface area contributed by atoms with Crippen LogP contribution >= 0.6 is 23.4 Å². The maximum atomic E-state index is 12.1. The first-order valence-electron chi connectivity index (χ1n) is 8.53. The van der Waals surface area contributed by atoms with E-state index in [2.05, 4.69) is 20.6 Å². The third kappa shape index (κ3) is 5.58. The van der Waals surface area contributed by atoms with Crippen LogP contribution in [0.2, 0.25) is 5.02 Å². The van der Waals surface area contributed by atoms with Crippen LogP contribution in [0.25, 0.3) is 11.1 Å². The van der Waals surface area contributed by atoms with Crippen molar-refractivity contribution in [1.82, 2.24) is 20.6 Å². The molecule has 0 saturated heterocycles. The molecule has 7 nitrogen and oxygen atoms in total. The van der Waals surface area contributed by atoms with Crippen molar-refractivity contribution >= 4 is 41.1 Å². The number of urea groups is 1. The Morgan fingerprint density at radius 1 is 1.22 bits per heavy atom. The summed E-state index contributed by atoms with van der Waals surface area (Å²) in [5.41, 5.74) is 8.60. The first-order chi connectivity index (χ1) is 12.8. The number of amides is 3. The van der Waals surface area contributed by atoms with Gasteiger partial charge in [-0.25, -0.2) is 14.8 Å². The van der Waals surface area contributed by atoms with Crippen molar-refractivity contribution in [2.45, 2.75) is 37.6 Å². The van der Waals surface area contributed by atoms with Crippen molar-refractivity contribution < 1.29 is 9.59 Å². The van der Waals surface area contributed by atoms with Gasteiger partial charge in [0.1, 0.15) is 5.82 Å². The predicted octanol–water partition coefficient (Wildman–Crippen LogP) is 3.27. The van der Waals surface area contributed by atoms with Crippen LogP contribution in [0.15, 0.2) is 29.4 Å². The Hall–Kier alpha value is -2.32. The number of imide groups is 1. The lowest BCUT2D eigenvalue weighted by atomic mass is 10.0. The van der Waals surface area contributed by atoms with Gasteiger partial charge in [0.15, 0.2) is 5.16 Å². The average molecular weight is 408 g/mol. The standard InChI is InChI=1S/C18H22ClN5O2S/c1-4-13-14(11-6-8-12(19)9-7-11)15(20)23-18(22-13)27-10(3)16(25)24-17(26)21-5-2/h6-10H,4-5H2,1-3H3,(H2,20,22,23)(H2,21,24,25,26)/t10-/m1/s1. The molecule has 0 bridgehead atoms. The van der Waals surface area contributed by atoms with E-state index in [1.54, 1.807) is 26.0 Å². The molecule has 3 amide bonds. The second-order valence-electron chi connectivity index (χ2n) is 5.68. The van der Waals surface area contributed by atoms with E-state index in [0.29, 0.717) is 29.0 Å². The number of carbonyl (C=O) groups is 2. The van der Waals surface area contributed by atoms with Gasteiger partial charge in [0.25, 0.3) is 0 Å². The molecule has 27 heavy (non-hydrogen) atoms. The van der Waals surface area contributed by atoms with Gasteiger partial charge in [0, 0.05) is 17.1 Å². The number of hydrogen-bond acceptors (Lipinski definition) is 6. The second-order valence-corrected chi connectivity index (χ2v) is 7.43. The maximum Gasteiger partial charge on any atom is 0.321 e. The third-order valence-electron chi connectivity index (χ3n) is 3.68. The van der Waals surface area contributed by atoms with E-state index >= 15 is 0 Å². The monoisotopic (exact) mass is 407 g/mol. The van der Waals surface area contributed by atoms with Crippen molar-refractivity contribution in [2.24, 2.45) is 0 Å². The fourth-order valence-electron chi connectivity index (χ4n) is 2.37. The zero-order chi connectivity index (χ0) is 20.0. The van der Waals surface area contributed by atoms with Crippen molar-refractivity contribution in [3.05, 3.63) is 35.0 Å². The molecule has 2 aromatic rings. The molecule has 2 rings (SSSR count). The molecule has 1 heterocycles. The Morgan fingerprint density at radius 2 is 1.89 bits per heavy atom. The summed E-state index contributed by atoms with van der Waals surface area (Å²) in [6.45, 7) is 5.86. The van der Waals surface area contributed by atoms with Gasteiger partial charge in [-0.1, -0.05) is 42.4 Å². The summed E-state index contributed by atoms with van der Waals surface area (Å²) in [7, 11) is 0. The van der Waals surface area contributed by atoms with Gasteiger partial charge in [-0.2, -0.15) is 0 Å². The van der Waals surface area contributed by atoms with Crippen molar-refractivity contribution in [3.8, 4) is 11.1 Å². The summed E-state index contributed by atoms with van der Waals surface area (Å²) in [4.78, 5) is 32.5. The Labute approximate surface area is 167 Å². The molecule has 0 aliphatic rings. The first-order valence-corrected chi connectivity index (χ1v) is 9.79. The number of aromatic nitrogens is 2. The number of thioether (sulfide) groups is 1. The van der Waals surface area contributed by atoms with Crippen LogP contribution in [0.4, 0.5) is 10.6 Å². The number of nitrogen functional groups attached to an aromatic ring is 1. The Kier molecular flexibility index (Phi) is 7.44. The topological polar surface area (TPSA) is 110 Å². The first kappa shape index (κ1) is 21.0. The molecule has 0 unspecified atom stereocenters. The summed E-state index contributed by atoms with van der Waals surface area (Å²) in [6, 6.07) is 6.78. The molecule has 0 fully saturated rings.